The molecule has 0 saturated carbocycles. The Kier molecular flexibility index (Phi) is 4.74. The molecule has 1 heterocycles. The summed E-state index contributed by atoms with van der Waals surface area (Å²) < 4.78 is 77.5. The van der Waals surface area contributed by atoms with Gasteiger partial charge in [-0.2, -0.15) is 0 Å². The molecule has 0 aliphatic rings. The van der Waals surface area contributed by atoms with Crippen molar-refractivity contribution in [2.24, 2.45) is 0 Å². The summed E-state index contributed by atoms with van der Waals surface area (Å²) in [5.74, 6) is 0. The van der Waals surface area contributed by atoms with Gasteiger partial charge in [-0.1, -0.05) is 0 Å². The summed E-state index contributed by atoms with van der Waals surface area (Å²) in [4.78, 5) is 0. The van der Waals surface area contributed by atoms with E-state index in [1.807, 2.05) is 12.1 Å². The quantitative estimate of drug-likeness (QED) is 0.315. The van der Waals surface area contributed by atoms with Crippen molar-refractivity contribution in [3.8, 4) is 18.3 Å². The van der Waals surface area contributed by atoms with Gasteiger partial charge in [-0.3, -0.25) is 0 Å². The topological polar surface area (TPSA) is 0 Å². The van der Waals surface area contributed by atoms with Crippen LogP contribution in [0.15, 0.2) is 60.7 Å². The summed E-state index contributed by atoms with van der Waals surface area (Å²) in [7, 11) is 0. The van der Waals surface area contributed by atoms with Crippen LogP contribution in [-0.2, 0) is 12.4 Å². The number of benzene rings is 2. The molecule has 25 heavy (non-hydrogen) atoms. The van der Waals surface area contributed by atoms with Crippen molar-refractivity contribution in [2.75, 3.05) is 0 Å². The van der Waals surface area contributed by atoms with Gasteiger partial charge in [0.05, 0.1) is 0 Å². The van der Waals surface area contributed by atoms with Crippen LogP contribution in [0.5, 0.6) is 0 Å². The fraction of sp³-hybridized carbons (Fsp3) is 0.111. The van der Waals surface area contributed by atoms with Gasteiger partial charge in [0.25, 0.3) is 0 Å². The summed E-state index contributed by atoms with van der Waals surface area (Å²) in [5.41, 5.74) is 0.0276. The molecule has 7 heteroatoms. The molecule has 0 fully saturated rings. The molecule has 130 valence electrons. The summed E-state index contributed by atoms with van der Waals surface area (Å²) in [6.07, 6.45) is -8.74. The van der Waals surface area contributed by atoms with E-state index >= 15 is 0 Å². The van der Waals surface area contributed by atoms with Gasteiger partial charge in [-0.25, -0.2) is 0 Å². The van der Waals surface area contributed by atoms with E-state index < -0.39 is 43.9 Å². The molecule has 0 aliphatic heterocycles. The van der Waals surface area contributed by atoms with Crippen molar-refractivity contribution < 1.29 is 26.3 Å². The first kappa shape index (κ1) is 18.1. The molecule has 0 spiro atoms. The Balaban J connectivity index is 1.85. The molecule has 0 radical (unpaired) electrons. The zero-order valence-corrected chi connectivity index (χ0v) is 14.8. The predicted octanol–water partition coefficient (Wildman–Crippen LogP) is 6.12. The molecule has 2 aromatic carbocycles. The Hall–Kier alpha value is -1.71. The van der Waals surface area contributed by atoms with Crippen molar-refractivity contribution in [3.63, 3.8) is 0 Å². The molecule has 0 atom stereocenters. The zero-order valence-electron chi connectivity index (χ0n) is 12.4. The molecule has 0 saturated heterocycles. The van der Waals surface area contributed by atoms with Gasteiger partial charge in [0, 0.05) is 0 Å². The Morgan fingerprint density at radius 3 is 1.08 bits per heavy atom. The standard InChI is InChI=1S/C18H10F6Te/c19-17(20,21)13-5-1-11(2-6-13)15-9-10-16(25-15)12-3-7-14(8-4-12)18(22,23)24/h1-10H. The minimum atomic E-state index is -4.37. The second-order valence-corrected chi connectivity index (χ2v) is 8.41. The Morgan fingerprint density at radius 1 is 0.480 bits per heavy atom. The normalized spacial score (nSPS) is 12.4. The fourth-order valence-corrected chi connectivity index (χ4v) is 5.20. The van der Waals surface area contributed by atoms with Gasteiger partial charge in [0.2, 0.25) is 0 Å². The van der Waals surface area contributed by atoms with E-state index in [0.29, 0.717) is 11.1 Å². The monoisotopic (exact) mass is 470 g/mol. The van der Waals surface area contributed by atoms with E-state index in [1.165, 1.54) is 24.3 Å². The van der Waals surface area contributed by atoms with E-state index in [-0.39, 0.29) is 0 Å². The Morgan fingerprint density at radius 2 is 0.800 bits per heavy atom. The summed E-state index contributed by atoms with van der Waals surface area (Å²) in [6, 6.07) is 13.6. The number of halogens is 6. The van der Waals surface area contributed by atoms with Gasteiger partial charge in [0.1, 0.15) is 0 Å². The van der Waals surface area contributed by atoms with Crippen LogP contribution >= 0.6 is 0 Å². The maximum atomic E-state index is 12.6. The van der Waals surface area contributed by atoms with E-state index in [4.69, 9.17) is 0 Å². The van der Waals surface area contributed by atoms with Crippen molar-refractivity contribution in [1.82, 2.24) is 0 Å². The zero-order chi connectivity index (χ0) is 18.2. The molecular formula is C18H10F6Te. The van der Waals surface area contributed by atoms with Crippen LogP contribution in [0, 0.1) is 0 Å². The second kappa shape index (κ2) is 6.54. The third kappa shape index (κ3) is 4.10. The van der Waals surface area contributed by atoms with Gasteiger partial charge >= 0.3 is 149 Å². The molecule has 1 aromatic heterocycles. The van der Waals surface area contributed by atoms with E-state index in [1.54, 1.807) is 0 Å². The van der Waals surface area contributed by atoms with Crippen LogP contribution in [0.25, 0.3) is 18.3 Å². The van der Waals surface area contributed by atoms with Gasteiger partial charge in [-0.05, 0) is 0 Å². The third-order valence-corrected chi connectivity index (χ3v) is 6.98. The van der Waals surface area contributed by atoms with Gasteiger partial charge < -0.3 is 0 Å². The van der Waals surface area contributed by atoms with Crippen LogP contribution in [-0.4, -0.2) is 20.4 Å². The molecule has 0 amide bonds. The third-order valence-electron chi connectivity index (χ3n) is 3.60. The van der Waals surface area contributed by atoms with E-state index in [0.717, 1.165) is 31.4 Å². The Labute approximate surface area is 149 Å². The van der Waals surface area contributed by atoms with Crippen molar-refractivity contribution in [3.05, 3.63) is 71.8 Å². The fourth-order valence-electron chi connectivity index (χ4n) is 2.30. The molecule has 0 aliphatic carbocycles. The Bertz CT molecular complexity index is 782. The molecule has 3 aromatic rings. The maximum absolute atomic E-state index is 12.6. The predicted molar refractivity (Wildman–Crippen MR) is 84.3 cm³/mol. The van der Waals surface area contributed by atoms with Crippen LogP contribution in [0.2, 0.25) is 0 Å². The number of rotatable bonds is 2. The van der Waals surface area contributed by atoms with Crippen molar-refractivity contribution in [2.45, 2.75) is 12.4 Å². The second-order valence-electron chi connectivity index (χ2n) is 5.31. The van der Waals surface area contributed by atoms with Crippen LogP contribution in [0.4, 0.5) is 26.3 Å². The van der Waals surface area contributed by atoms with E-state index in [9.17, 15) is 26.3 Å². The minimum absolute atomic E-state index is 0.702. The first-order valence-corrected chi connectivity index (χ1v) is 9.43. The first-order chi connectivity index (χ1) is 11.6. The van der Waals surface area contributed by atoms with Crippen molar-refractivity contribution >= 4 is 20.4 Å². The van der Waals surface area contributed by atoms with Gasteiger partial charge in [-0.15, -0.1) is 0 Å². The summed E-state index contributed by atoms with van der Waals surface area (Å²) >= 11 is -0.868. The number of hydrogen-bond acceptors (Lipinski definition) is 0. The number of hydrogen-bond donors (Lipinski definition) is 0. The van der Waals surface area contributed by atoms with E-state index in [2.05, 4.69) is 0 Å². The average molecular weight is 468 g/mol. The average Bonchev–Trinajstić information content (AvgIpc) is 3.03. The number of alkyl halides is 6. The molecule has 0 nitrogen and oxygen atoms in total. The van der Waals surface area contributed by atoms with Gasteiger partial charge in [0.15, 0.2) is 0 Å². The van der Waals surface area contributed by atoms with Crippen molar-refractivity contribution in [1.29, 1.82) is 0 Å². The SMILES string of the molecule is FC(F)(F)c1ccc(-c2ccc(-c3ccc(C(F)(F)F)cc3)[te]2)cc1. The first-order valence-electron chi connectivity index (χ1n) is 7.10. The van der Waals surface area contributed by atoms with Crippen LogP contribution in [0.3, 0.4) is 0 Å². The summed E-state index contributed by atoms with van der Waals surface area (Å²) in [5, 5.41) is 0. The van der Waals surface area contributed by atoms with Crippen LogP contribution in [0.1, 0.15) is 11.1 Å². The molecule has 3 rings (SSSR count). The molecule has 0 N–H and O–H groups in total. The summed E-state index contributed by atoms with van der Waals surface area (Å²) in [6.45, 7) is 0. The molecule has 0 bridgehead atoms. The molecule has 0 unspecified atom stereocenters. The molecular weight excluding hydrogens is 458 g/mol. The van der Waals surface area contributed by atoms with Crippen LogP contribution < -0.4 is 0 Å².